The molecule has 0 saturated heterocycles. The number of carbonyl (C=O) groups is 3. The van der Waals surface area contributed by atoms with Gasteiger partial charge in [-0.25, -0.2) is 9.07 Å². The number of halogens is 7. The van der Waals surface area contributed by atoms with E-state index in [-0.39, 0.29) is 39.3 Å². The van der Waals surface area contributed by atoms with Crippen molar-refractivity contribution in [2.75, 3.05) is 36.6 Å². The van der Waals surface area contributed by atoms with Crippen molar-refractivity contribution in [2.45, 2.75) is 18.7 Å². The summed E-state index contributed by atoms with van der Waals surface area (Å²) < 4.78 is 56.7. The zero-order valence-electron chi connectivity index (χ0n) is 21.6. The van der Waals surface area contributed by atoms with E-state index in [9.17, 15) is 37.1 Å². The maximum absolute atomic E-state index is 14.1. The molecule has 3 aromatic rings. The lowest BCUT2D eigenvalue weighted by molar-refractivity contribution is -0.259. The summed E-state index contributed by atoms with van der Waals surface area (Å²) in [5.74, 6) is -4.10. The van der Waals surface area contributed by atoms with Gasteiger partial charge in [0, 0.05) is 6.54 Å². The first-order valence-corrected chi connectivity index (χ1v) is 13.2. The van der Waals surface area contributed by atoms with Crippen molar-refractivity contribution < 1.29 is 37.1 Å². The normalized spacial score (nSPS) is 12.9. The van der Waals surface area contributed by atoms with Crippen molar-refractivity contribution in [1.82, 2.24) is 20.0 Å². The van der Waals surface area contributed by atoms with Crippen LogP contribution in [-0.2, 0) is 4.79 Å². The van der Waals surface area contributed by atoms with E-state index in [0.717, 1.165) is 23.0 Å². The lowest BCUT2D eigenvalue weighted by Gasteiger charge is -2.35. The number of hydrogen-bond acceptors (Lipinski definition) is 6. The Balaban J connectivity index is 1.84. The van der Waals surface area contributed by atoms with Crippen molar-refractivity contribution >= 4 is 64.0 Å². The van der Waals surface area contributed by atoms with Crippen LogP contribution >= 0.6 is 34.8 Å². The molecule has 0 aliphatic rings. The highest BCUT2D eigenvalue weighted by atomic mass is 35.5. The molecule has 2 aromatic carbocycles. The van der Waals surface area contributed by atoms with Gasteiger partial charge in [0.25, 0.3) is 11.8 Å². The largest absolute Gasteiger partial charge is 0.420 e. The lowest BCUT2D eigenvalue weighted by Crippen LogP contribution is -2.60. The highest BCUT2D eigenvalue weighted by Crippen LogP contribution is 2.35. The second-order valence-electron chi connectivity index (χ2n) is 8.83. The number of alkyl halides is 4. The molecule has 0 spiro atoms. The van der Waals surface area contributed by atoms with Crippen LogP contribution in [-0.4, -0.2) is 74.8 Å². The van der Waals surface area contributed by atoms with Crippen LogP contribution in [0, 0.1) is 5.82 Å². The van der Waals surface area contributed by atoms with Crippen LogP contribution in [0.15, 0.2) is 42.6 Å². The van der Waals surface area contributed by atoms with Gasteiger partial charge in [-0.2, -0.15) is 18.3 Å². The van der Waals surface area contributed by atoms with E-state index in [1.54, 1.807) is 0 Å². The Bertz CT molecular complexity index is 1490. The number of carbonyl (C=O) groups excluding carboxylic acids is 3. The van der Waals surface area contributed by atoms with E-state index in [1.165, 1.54) is 31.2 Å². The molecule has 0 radical (unpaired) electrons. The molecule has 1 unspecified atom stereocenters. The van der Waals surface area contributed by atoms with Gasteiger partial charge in [-0.1, -0.05) is 23.2 Å². The molecule has 0 bridgehead atoms. The Hall–Kier alpha value is -3.59. The molecule has 17 heteroatoms. The molecule has 1 aromatic heterocycles. The SMILES string of the molecule is CCN(CC(O)(CNC(=O)c1cnn(-c2ccc(F)cc2)c1N)C(F)(F)F)C(=O)c1c(Cl)ccc(NC(=O)CCl)c1Cl. The number of aromatic nitrogens is 2. The molecule has 3 amide bonds. The molecule has 0 saturated carbocycles. The third-order valence-electron chi connectivity index (χ3n) is 6.01. The number of benzene rings is 2. The zero-order chi connectivity index (χ0) is 31.4. The van der Waals surface area contributed by atoms with Gasteiger partial charge in [-0.15, -0.1) is 11.6 Å². The first-order valence-electron chi connectivity index (χ1n) is 11.9. The van der Waals surface area contributed by atoms with Gasteiger partial charge in [0.05, 0.1) is 46.3 Å². The first kappa shape index (κ1) is 32.9. The van der Waals surface area contributed by atoms with E-state index >= 15 is 0 Å². The second kappa shape index (κ2) is 13.2. The summed E-state index contributed by atoms with van der Waals surface area (Å²) in [7, 11) is 0. The van der Waals surface area contributed by atoms with Crippen LogP contribution in [0.25, 0.3) is 5.69 Å². The molecule has 1 heterocycles. The average Bonchev–Trinajstić information content (AvgIpc) is 3.32. The minimum atomic E-state index is -5.33. The summed E-state index contributed by atoms with van der Waals surface area (Å²) in [6.07, 6.45) is -4.34. The lowest BCUT2D eigenvalue weighted by atomic mass is 10.0. The van der Waals surface area contributed by atoms with Crippen molar-refractivity contribution in [2.24, 2.45) is 0 Å². The van der Waals surface area contributed by atoms with Crippen LogP contribution < -0.4 is 16.4 Å². The van der Waals surface area contributed by atoms with E-state index in [4.69, 9.17) is 40.5 Å². The fourth-order valence-electron chi connectivity index (χ4n) is 3.72. The summed E-state index contributed by atoms with van der Waals surface area (Å²) in [4.78, 5) is 38.3. The molecule has 0 aliphatic carbocycles. The zero-order valence-corrected chi connectivity index (χ0v) is 23.9. The molecule has 0 fully saturated rings. The molecular formula is C25H23Cl3F4N6O4. The highest BCUT2D eigenvalue weighted by molar-refractivity contribution is 6.42. The van der Waals surface area contributed by atoms with Crippen LogP contribution in [0.4, 0.5) is 29.1 Å². The molecule has 1 atom stereocenters. The fraction of sp³-hybridized carbons (Fsp3) is 0.280. The van der Waals surface area contributed by atoms with Crippen molar-refractivity contribution in [3.05, 3.63) is 69.6 Å². The summed E-state index contributed by atoms with van der Waals surface area (Å²) >= 11 is 17.8. The Morgan fingerprint density at radius 2 is 1.76 bits per heavy atom. The molecule has 3 rings (SSSR count). The first-order chi connectivity index (χ1) is 19.6. The van der Waals surface area contributed by atoms with Gasteiger partial charge >= 0.3 is 6.18 Å². The smallest absolute Gasteiger partial charge is 0.383 e. The monoisotopic (exact) mass is 652 g/mol. The third-order valence-corrected chi connectivity index (χ3v) is 6.96. The van der Waals surface area contributed by atoms with Crippen LogP contribution in [0.1, 0.15) is 27.6 Å². The van der Waals surface area contributed by atoms with Crippen molar-refractivity contribution in [1.29, 1.82) is 0 Å². The number of aliphatic hydroxyl groups is 1. The number of nitrogens with two attached hydrogens (primary N) is 1. The third kappa shape index (κ3) is 7.06. The maximum atomic E-state index is 14.1. The quantitative estimate of drug-likeness (QED) is 0.190. The number of anilines is 2. The van der Waals surface area contributed by atoms with Crippen LogP contribution in [0.2, 0.25) is 10.0 Å². The summed E-state index contributed by atoms with van der Waals surface area (Å²) in [5.41, 5.74) is 1.76. The molecule has 0 aliphatic heterocycles. The number of likely N-dealkylation sites (N-methyl/N-ethyl adjacent to an activating group) is 1. The number of nitrogens with one attached hydrogen (secondary N) is 2. The number of hydrogen-bond donors (Lipinski definition) is 4. The van der Waals surface area contributed by atoms with Gasteiger partial charge in [0.1, 0.15) is 23.1 Å². The minimum absolute atomic E-state index is 0.0664. The molecule has 10 nitrogen and oxygen atoms in total. The fourth-order valence-corrected chi connectivity index (χ4v) is 4.36. The van der Waals surface area contributed by atoms with Crippen LogP contribution in [0.3, 0.4) is 0 Å². The van der Waals surface area contributed by atoms with E-state index in [0.29, 0.717) is 4.90 Å². The van der Waals surface area contributed by atoms with Gasteiger partial charge in [-0.05, 0) is 43.3 Å². The number of nitrogens with zero attached hydrogens (tertiary/aromatic N) is 3. The molecule has 226 valence electrons. The van der Waals surface area contributed by atoms with Crippen molar-refractivity contribution in [3.63, 3.8) is 0 Å². The highest BCUT2D eigenvalue weighted by Gasteiger charge is 2.55. The standard InChI is InChI=1S/C25H23Cl3F4N6O4/c1-2-37(23(41)19-16(27)7-8-17(20(19)28)36-18(39)9-26)12-24(42,25(30,31)32)11-34-22(40)15-10-35-38(21(15)33)14-5-3-13(29)4-6-14/h3-8,10,42H,2,9,11-12,33H2,1H3,(H,34,40)(H,36,39). The van der Waals surface area contributed by atoms with Gasteiger partial charge in [-0.3, -0.25) is 14.4 Å². The molecule has 42 heavy (non-hydrogen) atoms. The second-order valence-corrected chi connectivity index (χ2v) is 9.88. The summed E-state index contributed by atoms with van der Waals surface area (Å²) in [6, 6.07) is 7.34. The minimum Gasteiger partial charge on any atom is -0.383 e. The Morgan fingerprint density at radius 3 is 2.33 bits per heavy atom. The summed E-state index contributed by atoms with van der Waals surface area (Å²) in [6.45, 7) is -1.71. The van der Waals surface area contributed by atoms with E-state index in [2.05, 4.69) is 10.4 Å². The Kier molecular flexibility index (Phi) is 10.3. The van der Waals surface area contributed by atoms with Gasteiger partial charge in [0.15, 0.2) is 5.60 Å². The Morgan fingerprint density at radius 1 is 1.12 bits per heavy atom. The van der Waals surface area contributed by atoms with Gasteiger partial charge < -0.3 is 26.4 Å². The summed E-state index contributed by atoms with van der Waals surface area (Å²) in [5, 5.41) is 18.3. The van der Waals surface area contributed by atoms with Crippen LogP contribution in [0.5, 0.6) is 0 Å². The number of nitrogen functional groups attached to an aromatic ring is 1. The molecule has 5 N–H and O–H groups in total. The molecular weight excluding hydrogens is 631 g/mol. The van der Waals surface area contributed by atoms with Gasteiger partial charge in [0.2, 0.25) is 5.91 Å². The predicted octanol–water partition coefficient (Wildman–Crippen LogP) is 4.26. The van der Waals surface area contributed by atoms with E-state index < -0.39 is 59.8 Å². The Labute approximate surface area is 251 Å². The number of rotatable bonds is 10. The maximum Gasteiger partial charge on any atom is 0.420 e. The predicted molar refractivity (Wildman–Crippen MR) is 149 cm³/mol. The average molecular weight is 654 g/mol. The van der Waals surface area contributed by atoms with Crippen molar-refractivity contribution in [3.8, 4) is 5.69 Å². The number of amides is 3. The topological polar surface area (TPSA) is 143 Å². The van der Waals surface area contributed by atoms with E-state index in [1.807, 2.05) is 5.32 Å².